The van der Waals surface area contributed by atoms with Crippen molar-refractivity contribution < 1.29 is 13.2 Å². The summed E-state index contributed by atoms with van der Waals surface area (Å²) in [7, 11) is 0. The topological polar surface area (TPSA) is 0 Å². The van der Waals surface area contributed by atoms with Gasteiger partial charge in [0.25, 0.3) is 0 Å². The van der Waals surface area contributed by atoms with Gasteiger partial charge in [0.1, 0.15) is 0 Å². The van der Waals surface area contributed by atoms with E-state index in [1.807, 2.05) is 13.8 Å². The molecule has 0 amide bonds. The summed E-state index contributed by atoms with van der Waals surface area (Å²) >= 11 is 5.34. The van der Waals surface area contributed by atoms with Crippen LogP contribution in [0.5, 0.6) is 0 Å². The first kappa shape index (κ1) is 12.6. The summed E-state index contributed by atoms with van der Waals surface area (Å²) in [4.78, 5) is 0. The molecule has 4 heteroatoms. The molecule has 0 aliphatic rings. The van der Waals surface area contributed by atoms with Gasteiger partial charge in [0.2, 0.25) is 0 Å². The lowest BCUT2D eigenvalue weighted by atomic mass is 10.2. The Kier molecular flexibility index (Phi) is 5.14. The van der Waals surface area contributed by atoms with Crippen molar-refractivity contribution in [3.8, 4) is 0 Å². The van der Waals surface area contributed by atoms with Gasteiger partial charge in [-0.3, -0.25) is 0 Å². The van der Waals surface area contributed by atoms with Crippen LogP contribution in [0.4, 0.5) is 13.2 Å². The van der Waals surface area contributed by atoms with Crippen LogP contribution >= 0.6 is 11.6 Å². The van der Waals surface area contributed by atoms with Crippen molar-refractivity contribution in [1.29, 1.82) is 0 Å². The molecule has 0 aliphatic carbocycles. The Morgan fingerprint density at radius 2 is 1.92 bits per heavy atom. The molecule has 0 radical (unpaired) electrons. The molecule has 0 N–H and O–H groups in total. The fourth-order valence-corrected chi connectivity index (χ4v) is 0.857. The average Bonchev–Trinajstić information content (AvgIpc) is 1.81. The van der Waals surface area contributed by atoms with Crippen molar-refractivity contribution in [2.75, 3.05) is 0 Å². The predicted molar refractivity (Wildman–Crippen MR) is 48.6 cm³/mol. The molecule has 0 spiro atoms. The van der Waals surface area contributed by atoms with E-state index in [2.05, 4.69) is 0 Å². The molecule has 0 aromatic carbocycles. The first-order chi connectivity index (χ1) is 5.81. The molecule has 0 aromatic heterocycles. The molecule has 0 nitrogen and oxygen atoms in total. The van der Waals surface area contributed by atoms with Crippen LogP contribution in [0.1, 0.15) is 20.3 Å². The number of hydrogen-bond acceptors (Lipinski definition) is 0. The standard InChI is InChI=1S/C9H12ClF3/c1-7(2)4-3-5-8(10)6-9(11,12)13/h3-5,7H,6H2,1-2H3/b4-3+,8-5+. The van der Waals surface area contributed by atoms with Crippen LogP contribution in [0, 0.1) is 5.92 Å². The number of alkyl halides is 3. The molecular weight excluding hydrogens is 201 g/mol. The van der Waals surface area contributed by atoms with E-state index in [9.17, 15) is 13.2 Å². The smallest absolute Gasteiger partial charge is 0.171 e. The van der Waals surface area contributed by atoms with Gasteiger partial charge in [-0.15, -0.1) is 0 Å². The lowest BCUT2D eigenvalue weighted by Crippen LogP contribution is -2.06. The summed E-state index contributed by atoms with van der Waals surface area (Å²) in [6, 6.07) is 0. The summed E-state index contributed by atoms with van der Waals surface area (Å²) in [6.07, 6.45) is -0.692. The lowest BCUT2D eigenvalue weighted by molar-refractivity contribution is -0.125. The van der Waals surface area contributed by atoms with E-state index >= 15 is 0 Å². The van der Waals surface area contributed by atoms with Crippen molar-refractivity contribution in [1.82, 2.24) is 0 Å². The van der Waals surface area contributed by atoms with Crippen LogP contribution in [-0.4, -0.2) is 6.18 Å². The maximum atomic E-state index is 11.7. The van der Waals surface area contributed by atoms with Gasteiger partial charge in [-0.2, -0.15) is 13.2 Å². The minimum atomic E-state index is -4.22. The third-order valence-corrected chi connectivity index (χ3v) is 1.40. The Balaban J connectivity index is 4.04. The second kappa shape index (κ2) is 5.32. The summed E-state index contributed by atoms with van der Waals surface area (Å²) in [5.74, 6) is 0.312. The minimum absolute atomic E-state index is 0.190. The van der Waals surface area contributed by atoms with Gasteiger partial charge in [-0.1, -0.05) is 37.6 Å². The van der Waals surface area contributed by atoms with Gasteiger partial charge in [0.05, 0.1) is 6.42 Å². The fourth-order valence-electron chi connectivity index (χ4n) is 0.633. The Labute approximate surface area is 81.1 Å². The molecule has 0 rings (SSSR count). The van der Waals surface area contributed by atoms with Crippen LogP contribution in [0.2, 0.25) is 0 Å². The van der Waals surface area contributed by atoms with E-state index in [0.29, 0.717) is 5.92 Å². The first-order valence-electron chi connectivity index (χ1n) is 3.91. The Bertz CT molecular complexity index is 201. The van der Waals surface area contributed by atoms with Crippen LogP contribution in [0.15, 0.2) is 23.3 Å². The Morgan fingerprint density at radius 1 is 1.38 bits per heavy atom. The molecule has 0 saturated heterocycles. The van der Waals surface area contributed by atoms with Crippen molar-refractivity contribution in [2.45, 2.75) is 26.4 Å². The van der Waals surface area contributed by atoms with Gasteiger partial charge in [0, 0.05) is 5.03 Å². The maximum absolute atomic E-state index is 11.7. The highest BCUT2D eigenvalue weighted by molar-refractivity contribution is 6.29. The molecule has 0 atom stereocenters. The van der Waals surface area contributed by atoms with Gasteiger partial charge in [-0.25, -0.2) is 0 Å². The number of halogens is 4. The SMILES string of the molecule is CC(C)/C=C/C=C(/Cl)CC(F)(F)F. The van der Waals surface area contributed by atoms with Crippen molar-refractivity contribution in [3.05, 3.63) is 23.3 Å². The molecule has 0 fully saturated rings. The molecule has 0 bridgehead atoms. The van der Waals surface area contributed by atoms with E-state index in [0.717, 1.165) is 0 Å². The van der Waals surface area contributed by atoms with Crippen LogP contribution in [0.3, 0.4) is 0 Å². The Morgan fingerprint density at radius 3 is 2.31 bits per heavy atom. The molecule has 13 heavy (non-hydrogen) atoms. The lowest BCUT2D eigenvalue weighted by Gasteiger charge is -2.03. The Hall–Kier alpha value is -0.440. The van der Waals surface area contributed by atoms with E-state index in [1.165, 1.54) is 6.08 Å². The molecule has 0 saturated carbocycles. The van der Waals surface area contributed by atoms with E-state index in [4.69, 9.17) is 11.6 Å². The number of rotatable bonds is 3. The van der Waals surface area contributed by atoms with E-state index < -0.39 is 12.6 Å². The summed E-state index contributed by atoms with van der Waals surface area (Å²) < 4.78 is 35.2. The summed E-state index contributed by atoms with van der Waals surface area (Å²) in [5, 5.41) is -0.190. The molecule has 0 aliphatic heterocycles. The zero-order valence-electron chi connectivity index (χ0n) is 7.53. The van der Waals surface area contributed by atoms with Crippen LogP contribution in [0.25, 0.3) is 0 Å². The number of hydrogen-bond donors (Lipinski definition) is 0. The predicted octanol–water partition coefficient (Wildman–Crippen LogP) is 4.27. The van der Waals surface area contributed by atoms with Gasteiger partial charge >= 0.3 is 6.18 Å². The van der Waals surface area contributed by atoms with Gasteiger partial charge < -0.3 is 0 Å². The summed E-state index contributed by atoms with van der Waals surface area (Å²) in [5.41, 5.74) is 0. The molecule has 0 aromatic rings. The first-order valence-corrected chi connectivity index (χ1v) is 4.28. The average molecular weight is 213 g/mol. The van der Waals surface area contributed by atoms with E-state index in [-0.39, 0.29) is 5.03 Å². The van der Waals surface area contributed by atoms with Crippen molar-refractivity contribution in [2.24, 2.45) is 5.92 Å². The highest BCUT2D eigenvalue weighted by atomic mass is 35.5. The fraction of sp³-hybridized carbons (Fsp3) is 0.556. The second-order valence-corrected chi connectivity index (χ2v) is 3.52. The van der Waals surface area contributed by atoms with Crippen LogP contribution in [-0.2, 0) is 0 Å². The molecule has 76 valence electrons. The monoisotopic (exact) mass is 212 g/mol. The molecule has 0 heterocycles. The normalized spacial score (nSPS) is 14.5. The zero-order chi connectivity index (χ0) is 10.5. The quantitative estimate of drug-likeness (QED) is 0.613. The highest BCUT2D eigenvalue weighted by Crippen LogP contribution is 2.26. The summed E-state index contributed by atoms with van der Waals surface area (Å²) in [6.45, 7) is 3.87. The van der Waals surface area contributed by atoms with E-state index in [1.54, 1.807) is 12.2 Å². The van der Waals surface area contributed by atoms with Gasteiger partial charge in [-0.05, 0) is 12.0 Å². The van der Waals surface area contributed by atoms with Crippen molar-refractivity contribution >= 4 is 11.6 Å². The third kappa shape index (κ3) is 9.47. The number of allylic oxidation sites excluding steroid dienone is 4. The minimum Gasteiger partial charge on any atom is -0.171 e. The largest absolute Gasteiger partial charge is 0.393 e. The molecule has 0 unspecified atom stereocenters. The maximum Gasteiger partial charge on any atom is 0.393 e. The zero-order valence-corrected chi connectivity index (χ0v) is 8.28. The third-order valence-electron chi connectivity index (χ3n) is 1.14. The van der Waals surface area contributed by atoms with Gasteiger partial charge in [0.15, 0.2) is 0 Å². The second-order valence-electron chi connectivity index (χ2n) is 3.03. The molecular formula is C9H12ClF3. The highest BCUT2D eigenvalue weighted by Gasteiger charge is 2.27. The van der Waals surface area contributed by atoms with Crippen molar-refractivity contribution in [3.63, 3.8) is 0 Å². The van der Waals surface area contributed by atoms with Crippen LogP contribution < -0.4 is 0 Å².